The van der Waals surface area contributed by atoms with Crippen LogP contribution in [0.4, 0.5) is 5.69 Å². The molecular weight excluding hydrogens is 366 g/mol. The largest absolute Gasteiger partial charge is 0.354 e. The first-order chi connectivity index (χ1) is 12.0. The van der Waals surface area contributed by atoms with E-state index in [0.29, 0.717) is 17.3 Å². The molecule has 0 unspecified atom stereocenters. The third kappa shape index (κ3) is 6.24. The van der Waals surface area contributed by atoms with E-state index in [1.165, 1.54) is 0 Å². The first-order valence-electron chi connectivity index (χ1n) is 7.39. The molecule has 0 aliphatic carbocycles. The van der Waals surface area contributed by atoms with Crippen LogP contribution < -0.4 is 10.9 Å². The molecule has 2 aromatic rings. The van der Waals surface area contributed by atoms with Crippen molar-refractivity contribution in [3.05, 3.63) is 73.6 Å². The van der Waals surface area contributed by atoms with Crippen LogP contribution in [-0.2, 0) is 17.1 Å². The zero-order valence-electron chi connectivity index (χ0n) is 13.2. The maximum Gasteiger partial charge on any atom is 0.285 e. The monoisotopic (exact) mass is 381 g/mol. The van der Waals surface area contributed by atoms with Crippen molar-refractivity contribution in [2.24, 2.45) is 0 Å². The van der Waals surface area contributed by atoms with Crippen molar-refractivity contribution >= 4 is 35.0 Å². The number of carbonyl (C=O) groups is 1. The summed E-state index contributed by atoms with van der Waals surface area (Å²) in [5, 5.41) is 14.1. The number of rotatable bonds is 8. The Bertz CT molecular complexity index is 808. The number of nitro groups is 1. The van der Waals surface area contributed by atoms with Gasteiger partial charge in [-0.1, -0.05) is 23.7 Å². The summed E-state index contributed by atoms with van der Waals surface area (Å²) >= 11 is 7.47. The molecule has 0 saturated carbocycles. The fourth-order valence-corrected chi connectivity index (χ4v) is 2.94. The summed E-state index contributed by atoms with van der Waals surface area (Å²) in [6.07, 6.45) is 1.07. The third-order valence-electron chi connectivity index (χ3n) is 3.24. The minimum Gasteiger partial charge on any atom is -0.354 e. The quantitative estimate of drug-likeness (QED) is 0.430. The fourth-order valence-electron chi connectivity index (χ4n) is 1.99. The van der Waals surface area contributed by atoms with Crippen LogP contribution in [-0.4, -0.2) is 27.7 Å². The second-order valence-electron chi connectivity index (χ2n) is 5.14. The summed E-state index contributed by atoms with van der Waals surface area (Å²) in [7, 11) is 0. The third-order valence-corrected chi connectivity index (χ3v) is 4.53. The molecule has 7 nitrogen and oxygen atoms in total. The highest BCUT2D eigenvalue weighted by Gasteiger charge is 2.10. The summed E-state index contributed by atoms with van der Waals surface area (Å²) in [6.45, 7) is 0.198. The number of thioether (sulfide) groups is 1. The number of nitrogens with zero attached hydrogens (tertiary/aromatic N) is 2. The summed E-state index contributed by atoms with van der Waals surface area (Å²) in [6, 6.07) is 9.74. The summed E-state index contributed by atoms with van der Waals surface area (Å²) in [4.78, 5) is 33.6. The van der Waals surface area contributed by atoms with E-state index in [2.05, 4.69) is 5.32 Å². The van der Waals surface area contributed by atoms with Crippen LogP contribution in [0.1, 0.15) is 5.56 Å². The average Bonchev–Trinajstić information content (AvgIpc) is 2.58. The number of amides is 1. The molecule has 0 spiro atoms. The fraction of sp³-hybridized carbons (Fsp3) is 0.250. The lowest BCUT2D eigenvalue weighted by Gasteiger charge is -2.07. The lowest BCUT2D eigenvalue weighted by Crippen LogP contribution is -2.33. The predicted molar refractivity (Wildman–Crippen MR) is 98.0 cm³/mol. The Kier molecular flexibility index (Phi) is 7.03. The second-order valence-corrected chi connectivity index (χ2v) is 6.68. The van der Waals surface area contributed by atoms with Gasteiger partial charge in [0.15, 0.2) is 0 Å². The van der Waals surface area contributed by atoms with Gasteiger partial charge in [-0.15, -0.1) is 0 Å². The van der Waals surface area contributed by atoms with Gasteiger partial charge in [0.1, 0.15) is 6.54 Å². The van der Waals surface area contributed by atoms with E-state index in [9.17, 15) is 19.7 Å². The van der Waals surface area contributed by atoms with Gasteiger partial charge in [-0.3, -0.25) is 24.3 Å². The smallest absolute Gasteiger partial charge is 0.285 e. The first kappa shape index (κ1) is 19.0. The van der Waals surface area contributed by atoms with E-state index >= 15 is 0 Å². The normalized spacial score (nSPS) is 10.4. The minimum absolute atomic E-state index is 0.231. The SMILES string of the molecule is O=C(Cn1cc([N+](=O)[O-])ccc1=O)NCCSCc1ccc(Cl)cc1. The molecule has 9 heteroatoms. The van der Waals surface area contributed by atoms with Crippen LogP contribution in [0.5, 0.6) is 0 Å². The highest BCUT2D eigenvalue weighted by atomic mass is 35.5. The number of benzene rings is 1. The number of nitrogens with one attached hydrogen (secondary N) is 1. The lowest BCUT2D eigenvalue weighted by molar-refractivity contribution is -0.385. The van der Waals surface area contributed by atoms with Gasteiger partial charge in [-0.2, -0.15) is 11.8 Å². The summed E-state index contributed by atoms with van der Waals surface area (Å²) < 4.78 is 1.02. The standard InChI is InChI=1S/C16H16ClN3O4S/c17-13-3-1-12(2-4-13)11-25-8-7-18-15(21)10-19-9-14(20(23)24)5-6-16(19)22/h1-6,9H,7-8,10-11H2,(H,18,21). The Hall–Kier alpha value is -2.32. The van der Waals surface area contributed by atoms with E-state index in [-0.39, 0.29) is 18.1 Å². The van der Waals surface area contributed by atoms with Gasteiger partial charge in [0, 0.05) is 35.2 Å². The van der Waals surface area contributed by atoms with Gasteiger partial charge >= 0.3 is 0 Å². The van der Waals surface area contributed by atoms with Crippen molar-refractivity contribution in [3.63, 3.8) is 0 Å². The molecule has 1 N–H and O–H groups in total. The van der Waals surface area contributed by atoms with Gasteiger partial charge < -0.3 is 5.32 Å². The molecule has 0 fully saturated rings. The molecule has 0 bridgehead atoms. The number of hydrogen-bond donors (Lipinski definition) is 1. The number of carbonyl (C=O) groups excluding carboxylic acids is 1. The molecule has 0 aliphatic heterocycles. The molecule has 2 rings (SSSR count). The number of aromatic nitrogens is 1. The van der Waals surface area contributed by atoms with Crippen LogP contribution in [0.15, 0.2) is 47.4 Å². The molecule has 1 heterocycles. The van der Waals surface area contributed by atoms with E-state index < -0.39 is 10.5 Å². The molecule has 0 atom stereocenters. The highest BCUT2D eigenvalue weighted by molar-refractivity contribution is 7.98. The van der Waals surface area contributed by atoms with Gasteiger partial charge in [-0.25, -0.2) is 0 Å². The maximum absolute atomic E-state index is 11.9. The zero-order valence-corrected chi connectivity index (χ0v) is 14.8. The first-order valence-corrected chi connectivity index (χ1v) is 8.93. The lowest BCUT2D eigenvalue weighted by atomic mass is 10.2. The Morgan fingerprint density at radius 2 is 1.96 bits per heavy atom. The molecule has 1 aromatic carbocycles. The van der Waals surface area contributed by atoms with Crippen molar-refractivity contribution in [2.75, 3.05) is 12.3 Å². The molecule has 0 radical (unpaired) electrons. The number of hydrogen-bond acceptors (Lipinski definition) is 5. The highest BCUT2D eigenvalue weighted by Crippen LogP contribution is 2.15. The Morgan fingerprint density at radius 1 is 1.24 bits per heavy atom. The van der Waals surface area contributed by atoms with Crippen LogP contribution in [0.3, 0.4) is 0 Å². The van der Waals surface area contributed by atoms with Crippen molar-refractivity contribution in [2.45, 2.75) is 12.3 Å². The zero-order chi connectivity index (χ0) is 18.2. The minimum atomic E-state index is -0.610. The molecule has 132 valence electrons. The van der Waals surface area contributed by atoms with Crippen LogP contribution >= 0.6 is 23.4 Å². The van der Waals surface area contributed by atoms with E-state index in [0.717, 1.165) is 34.2 Å². The summed E-state index contributed by atoms with van der Waals surface area (Å²) in [5.74, 6) is 1.14. The van der Waals surface area contributed by atoms with Crippen molar-refractivity contribution in [1.29, 1.82) is 0 Å². The van der Waals surface area contributed by atoms with Crippen LogP contribution in [0.2, 0.25) is 5.02 Å². The average molecular weight is 382 g/mol. The second kappa shape index (κ2) is 9.24. The molecule has 1 amide bonds. The van der Waals surface area contributed by atoms with Gasteiger partial charge in [-0.05, 0) is 17.7 Å². The number of halogens is 1. The molecular formula is C16H16ClN3O4S. The number of pyridine rings is 1. The van der Waals surface area contributed by atoms with Crippen molar-refractivity contribution < 1.29 is 9.72 Å². The van der Waals surface area contributed by atoms with Crippen LogP contribution in [0, 0.1) is 10.1 Å². The van der Waals surface area contributed by atoms with E-state index in [4.69, 9.17) is 11.6 Å². The van der Waals surface area contributed by atoms with E-state index in [1.807, 2.05) is 24.3 Å². The molecule has 0 saturated heterocycles. The molecule has 0 aliphatic rings. The summed E-state index contributed by atoms with van der Waals surface area (Å²) in [5.41, 5.74) is 0.452. The van der Waals surface area contributed by atoms with Gasteiger partial charge in [0.25, 0.3) is 11.2 Å². The topological polar surface area (TPSA) is 94.2 Å². The Morgan fingerprint density at radius 3 is 2.64 bits per heavy atom. The Balaban J connectivity index is 1.74. The van der Waals surface area contributed by atoms with Gasteiger partial charge in [0.05, 0.1) is 11.1 Å². The Labute approximate surface area is 153 Å². The molecule has 25 heavy (non-hydrogen) atoms. The van der Waals surface area contributed by atoms with Gasteiger partial charge in [0.2, 0.25) is 5.91 Å². The van der Waals surface area contributed by atoms with Crippen LogP contribution in [0.25, 0.3) is 0 Å². The van der Waals surface area contributed by atoms with E-state index in [1.54, 1.807) is 11.8 Å². The predicted octanol–water partition coefficient (Wildman–Crippen LogP) is 2.46. The van der Waals surface area contributed by atoms with Crippen molar-refractivity contribution in [1.82, 2.24) is 9.88 Å². The molecule has 1 aromatic heterocycles. The maximum atomic E-state index is 11.9. The van der Waals surface area contributed by atoms with Crippen molar-refractivity contribution in [3.8, 4) is 0 Å².